The second kappa shape index (κ2) is 4.13. The van der Waals surface area contributed by atoms with E-state index >= 15 is 0 Å². The summed E-state index contributed by atoms with van der Waals surface area (Å²) in [5.74, 6) is -0.470. The highest BCUT2D eigenvalue weighted by Gasteiger charge is 2.16. The Kier molecular flexibility index (Phi) is 3.11. The van der Waals surface area contributed by atoms with Gasteiger partial charge in [-0.05, 0) is 0 Å². The standard InChI is InChI=1S/C9H12O5/c1-5(2)8-7(4-12-6(3)10)13-9(11)14-8/h5H,4H2,1-3H3. The Morgan fingerprint density at radius 3 is 2.57 bits per heavy atom. The third kappa shape index (κ3) is 2.48. The fourth-order valence-corrected chi connectivity index (χ4v) is 1.03. The van der Waals surface area contributed by atoms with E-state index < -0.39 is 11.8 Å². The van der Waals surface area contributed by atoms with Gasteiger partial charge in [-0.2, -0.15) is 0 Å². The SMILES string of the molecule is CC(=O)OCc1oc(=O)oc1C(C)C. The summed E-state index contributed by atoms with van der Waals surface area (Å²) in [5.41, 5.74) is 0. The van der Waals surface area contributed by atoms with Crippen LogP contribution in [-0.2, 0) is 16.1 Å². The molecule has 0 aliphatic rings. The highest BCUT2D eigenvalue weighted by Crippen LogP contribution is 2.18. The maximum Gasteiger partial charge on any atom is 0.519 e. The summed E-state index contributed by atoms with van der Waals surface area (Å²) >= 11 is 0. The Bertz CT molecular complexity index is 371. The molecule has 0 amide bonds. The van der Waals surface area contributed by atoms with E-state index in [2.05, 4.69) is 0 Å². The van der Waals surface area contributed by atoms with E-state index in [1.807, 2.05) is 13.8 Å². The van der Waals surface area contributed by atoms with Gasteiger partial charge in [-0.15, -0.1) is 0 Å². The molecular weight excluding hydrogens is 188 g/mol. The first-order chi connectivity index (χ1) is 6.50. The van der Waals surface area contributed by atoms with Gasteiger partial charge in [0.2, 0.25) is 0 Å². The topological polar surface area (TPSA) is 69.7 Å². The summed E-state index contributed by atoms with van der Waals surface area (Å²) in [6.07, 6.45) is 0. The Balaban J connectivity index is 2.84. The Morgan fingerprint density at radius 2 is 2.07 bits per heavy atom. The van der Waals surface area contributed by atoms with Crippen molar-refractivity contribution >= 4 is 5.97 Å². The molecule has 0 saturated carbocycles. The minimum atomic E-state index is -0.768. The maximum absolute atomic E-state index is 10.8. The van der Waals surface area contributed by atoms with Crippen LogP contribution in [0.25, 0.3) is 0 Å². The number of hydrogen-bond donors (Lipinski definition) is 0. The van der Waals surface area contributed by atoms with Crippen LogP contribution in [0.2, 0.25) is 0 Å². The quantitative estimate of drug-likeness (QED) is 0.690. The van der Waals surface area contributed by atoms with Gasteiger partial charge >= 0.3 is 11.8 Å². The van der Waals surface area contributed by atoms with Gasteiger partial charge in [0.1, 0.15) is 0 Å². The minimum Gasteiger partial charge on any atom is -0.458 e. The normalized spacial score (nSPS) is 10.6. The van der Waals surface area contributed by atoms with E-state index in [0.717, 1.165) is 0 Å². The molecule has 14 heavy (non-hydrogen) atoms. The van der Waals surface area contributed by atoms with Crippen molar-refractivity contribution in [3.05, 3.63) is 22.1 Å². The van der Waals surface area contributed by atoms with Gasteiger partial charge in [-0.1, -0.05) is 13.8 Å². The molecule has 0 aliphatic carbocycles. The molecule has 0 radical (unpaired) electrons. The monoisotopic (exact) mass is 200 g/mol. The molecule has 1 rings (SSSR count). The summed E-state index contributed by atoms with van der Waals surface area (Å²) in [6, 6.07) is 0. The predicted octanol–water partition coefficient (Wildman–Crippen LogP) is 1.42. The first-order valence-electron chi connectivity index (χ1n) is 4.26. The number of ether oxygens (including phenoxy) is 1. The third-order valence-corrected chi connectivity index (χ3v) is 1.61. The zero-order valence-electron chi connectivity index (χ0n) is 8.33. The fourth-order valence-electron chi connectivity index (χ4n) is 1.03. The molecule has 0 aromatic carbocycles. The Labute approximate surface area is 80.7 Å². The first kappa shape index (κ1) is 10.6. The third-order valence-electron chi connectivity index (χ3n) is 1.61. The van der Waals surface area contributed by atoms with Gasteiger partial charge in [-0.25, -0.2) is 4.79 Å². The first-order valence-corrected chi connectivity index (χ1v) is 4.26. The Hall–Kier alpha value is -1.52. The lowest BCUT2D eigenvalue weighted by Crippen LogP contribution is -2.00. The van der Waals surface area contributed by atoms with Crippen LogP contribution in [0.1, 0.15) is 38.2 Å². The predicted molar refractivity (Wildman–Crippen MR) is 46.8 cm³/mol. The largest absolute Gasteiger partial charge is 0.519 e. The number of rotatable bonds is 3. The van der Waals surface area contributed by atoms with Crippen molar-refractivity contribution in [2.75, 3.05) is 0 Å². The van der Waals surface area contributed by atoms with Gasteiger partial charge in [0.25, 0.3) is 0 Å². The second-order valence-electron chi connectivity index (χ2n) is 3.18. The van der Waals surface area contributed by atoms with Gasteiger partial charge in [-0.3, -0.25) is 4.79 Å². The average molecular weight is 200 g/mol. The van der Waals surface area contributed by atoms with Crippen LogP contribution in [0.5, 0.6) is 0 Å². The summed E-state index contributed by atoms with van der Waals surface area (Å²) < 4.78 is 14.2. The molecule has 5 nitrogen and oxygen atoms in total. The van der Waals surface area contributed by atoms with Crippen molar-refractivity contribution < 1.29 is 18.4 Å². The van der Waals surface area contributed by atoms with Crippen molar-refractivity contribution in [1.82, 2.24) is 0 Å². The molecule has 0 aliphatic heterocycles. The van der Waals surface area contributed by atoms with E-state index in [0.29, 0.717) is 5.76 Å². The van der Waals surface area contributed by atoms with E-state index in [4.69, 9.17) is 13.6 Å². The smallest absolute Gasteiger partial charge is 0.458 e. The van der Waals surface area contributed by atoms with Crippen molar-refractivity contribution in [1.29, 1.82) is 0 Å². The molecular formula is C9H12O5. The number of carbonyl (C=O) groups excluding carboxylic acids is 1. The van der Waals surface area contributed by atoms with Gasteiger partial charge in [0.15, 0.2) is 18.1 Å². The zero-order chi connectivity index (χ0) is 10.7. The van der Waals surface area contributed by atoms with Crippen molar-refractivity contribution in [3.8, 4) is 0 Å². The number of esters is 1. The molecule has 1 heterocycles. The number of hydrogen-bond acceptors (Lipinski definition) is 5. The molecule has 0 N–H and O–H groups in total. The molecule has 0 bridgehead atoms. The molecule has 0 unspecified atom stereocenters. The van der Waals surface area contributed by atoms with Crippen molar-refractivity contribution in [2.45, 2.75) is 33.3 Å². The fraction of sp³-hybridized carbons (Fsp3) is 0.556. The highest BCUT2D eigenvalue weighted by atomic mass is 16.6. The molecule has 0 fully saturated rings. The highest BCUT2D eigenvalue weighted by molar-refractivity contribution is 5.65. The molecule has 0 spiro atoms. The van der Waals surface area contributed by atoms with Crippen LogP contribution in [-0.4, -0.2) is 5.97 Å². The number of carbonyl (C=O) groups is 1. The molecule has 0 saturated heterocycles. The average Bonchev–Trinajstić information content (AvgIpc) is 2.43. The molecule has 1 aromatic rings. The van der Waals surface area contributed by atoms with Gasteiger partial charge in [0.05, 0.1) is 0 Å². The molecule has 0 atom stereocenters. The van der Waals surface area contributed by atoms with E-state index in [1.54, 1.807) is 0 Å². The van der Waals surface area contributed by atoms with E-state index in [1.165, 1.54) is 6.92 Å². The van der Waals surface area contributed by atoms with Gasteiger partial charge in [0, 0.05) is 12.8 Å². The lowest BCUT2D eigenvalue weighted by Gasteiger charge is -2.02. The maximum atomic E-state index is 10.8. The lowest BCUT2D eigenvalue weighted by molar-refractivity contribution is -0.142. The van der Waals surface area contributed by atoms with Crippen LogP contribution in [0.4, 0.5) is 0 Å². The van der Waals surface area contributed by atoms with Crippen LogP contribution in [0.15, 0.2) is 13.6 Å². The van der Waals surface area contributed by atoms with Crippen LogP contribution in [0.3, 0.4) is 0 Å². The lowest BCUT2D eigenvalue weighted by atomic mass is 10.1. The van der Waals surface area contributed by atoms with Crippen molar-refractivity contribution in [2.24, 2.45) is 0 Å². The minimum absolute atomic E-state index is 0.0204. The van der Waals surface area contributed by atoms with Crippen LogP contribution >= 0.6 is 0 Å². The van der Waals surface area contributed by atoms with Crippen LogP contribution < -0.4 is 5.82 Å². The molecule has 78 valence electrons. The second-order valence-corrected chi connectivity index (χ2v) is 3.18. The summed E-state index contributed by atoms with van der Waals surface area (Å²) in [6.45, 7) is 4.93. The molecule has 1 aromatic heterocycles. The van der Waals surface area contributed by atoms with Crippen LogP contribution in [0, 0.1) is 0 Å². The Morgan fingerprint density at radius 1 is 1.43 bits per heavy atom. The zero-order valence-corrected chi connectivity index (χ0v) is 8.33. The van der Waals surface area contributed by atoms with Gasteiger partial charge < -0.3 is 13.6 Å². The summed E-state index contributed by atoms with van der Waals surface area (Å²) in [7, 11) is 0. The summed E-state index contributed by atoms with van der Waals surface area (Å²) in [5, 5.41) is 0. The summed E-state index contributed by atoms with van der Waals surface area (Å²) in [4.78, 5) is 21.3. The van der Waals surface area contributed by atoms with Crippen molar-refractivity contribution in [3.63, 3.8) is 0 Å². The van der Waals surface area contributed by atoms with E-state index in [-0.39, 0.29) is 18.3 Å². The molecule has 5 heteroatoms. The van der Waals surface area contributed by atoms with E-state index in [9.17, 15) is 9.59 Å².